The second-order valence-corrected chi connectivity index (χ2v) is 2.89. The summed E-state index contributed by atoms with van der Waals surface area (Å²) in [6.45, 7) is 2.66. The van der Waals surface area contributed by atoms with Gasteiger partial charge in [-0.2, -0.15) is 0 Å². The lowest BCUT2D eigenvalue weighted by molar-refractivity contribution is 1.13. The van der Waals surface area contributed by atoms with E-state index in [9.17, 15) is 0 Å². The Morgan fingerprint density at radius 2 is 2.38 bits per heavy atom. The number of nitrogens with zero attached hydrogens (tertiary/aromatic N) is 2. The van der Waals surface area contributed by atoms with Crippen LogP contribution in [0.3, 0.4) is 0 Å². The molecule has 1 aromatic rings. The fraction of sp³-hybridized carbons (Fsp3) is 0.333. The second-order valence-electron chi connectivity index (χ2n) is 1.83. The number of H-pyrrole nitrogens is 1. The first-order chi connectivity index (χ1) is 5.33. The van der Waals surface area contributed by atoms with Crippen molar-refractivity contribution in [2.45, 2.75) is 11.9 Å². The Kier molecular flexibility index (Phi) is 10.2. The molecule has 0 fully saturated rings. The number of aliphatic imine (C=N–C) groups is 1. The van der Waals surface area contributed by atoms with E-state index in [1.54, 1.807) is 12.5 Å². The summed E-state index contributed by atoms with van der Waals surface area (Å²) in [5, 5.41) is 1.48. The molecule has 3 N–H and O–H groups in total. The van der Waals surface area contributed by atoms with Crippen LogP contribution in [0.25, 0.3) is 0 Å². The highest BCUT2D eigenvalue weighted by molar-refractivity contribution is 8.93. The maximum atomic E-state index is 5.54. The fourth-order valence-corrected chi connectivity index (χ4v) is 1.24. The molecule has 0 spiro atoms. The summed E-state index contributed by atoms with van der Waals surface area (Å²) in [5.41, 5.74) is 5.54. The van der Waals surface area contributed by atoms with E-state index in [-0.39, 0.29) is 34.0 Å². The van der Waals surface area contributed by atoms with E-state index < -0.39 is 0 Å². The second kappa shape index (κ2) is 8.58. The third-order valence-electron chi connectivity index (χ3n) is 1.00. The molecule has 1 rings (SSSR count). The molecular formula is C6H12Br2N4S. The SMILES string of the molecule is Br.Br.CCN=C(N)Sc1cnc[nH]1. The number of aromatic amines is 1. The summed E-state index contributed by atoms with van der Waals surface area (Å²) in [6, 6.07) is 0. The largest absolute Gasteiger partial charge is 0.378 e. The van der Waals surface area contributed by atoms with Crippen molar-refractivity contribution in [3.05, 3.63) is 12.5 Å². The Morgan fingerprint density at radius 1 is 1.69 bits per heavy atom. The lowest BCUT2D eigenvalue weighted by atomic mass is 10.8. The third kappa shape index (κ3) is 6.11. The molecule has 0 unspecified atom stereocenters. The summed E-state index contributed by atoms with van der Waals surface area (Å²) >= 11 is 1.38. The molecule has 0 aliphatic heterocycles. The standard InChI is InChI=1S/C6H10N4S.2BrH/c1-2-9-6(7)11-5-3-8-4-10-5;;/h3-4H,2H2,1H3,(H2,7,9)(H,8,10);2*1H. The van der Waals surface area contributed by atoms with Crippen LogP contribution in [-0.4, -0.2) is 21.7 Å². The van der Waals surface area contributed by atoms with Crippen molar-refractivity contribution in [3.63, 3.8) is 0 Å². The number of halogens is 2. The van der Waals surface area contributed by atoms with Gasteiger partial charge in [-0.1, -0.05) is 0 Å². The molecule has 0 aliphatic rings. The van der Waals surface area contributed by atoms with Gasteiger partial charge in [0.25, 0.3) is 0 Å². The molecule has 13 heavy (non-hydrogen) atoms. The van der Waals surface area contributed by atoms with E-state index in [1.165, 1.54) is 11.8 Å². The zero-order valence-electron chi connectivity index (χ0n) is 7.06. The zero-order chi connectivity index (χ0) is 8.10. The molecule has 1 heterocycles. The maximum Gasteiger partial charge on any atom is 0.160 e. The molecule has 0 saturated heterocycles. The minimum atomic E-state index is 0. The van der Waals surface area contributed by atoms with Gasteiger partial charge >= 0.3 is 0 Å². The minimum absolute atomic E-state index is 0. The molecule has 1 aromatic heterocycles. The first-order valence-electron chi connectivity index (χ1n) is 3.29. The molecule has 0 amide bonds. The number of aromatic nitrogens is 2. The van der Waals surface area contributed by atoms with Crippen molar-refractivity contribution in [2.24, 2.45) is 10.7 Å². The van der Waals surface area contributed by atoms with Crippen LogP contribution < -0.4 is 5.73 Å². The van der Waals surface area contributed by atoms with Gasteiger partial charge in [-0.25, -0.2) is 4.98 Å². The van der Waals surface area contributed by atoms with Crippen LogP contribution in [0.2, 0.25) is 0 Å². The molecule has 76 valence electrons. The van der Waals surface area contributed by atoms with Crippen LogP contribution in [0.15, 0.2) is 22.5 Å². The van der Waals surface area contributed by atoms with Gasteiger partial charge in [-0.05, 0) is 18.7 Å². The Bertz CT molecular complexity index is 237. The summed E-state index contributed by atoms with van der Waals surface area (Å²) in [5.74, 6) is 0. The molecular weight excluding hydrogens is 320 g/mol. The molecule has 0 bridgehead atoms. The first-order valence-corrected chi connectivity index (χ1v) is 4.10. The van der Waals surface area contributed by atoms with Crippen LogP contribution >= 0.6 is 45.7 Å². The predicted molar refractivity (Wildman–Crippen MR) is 67.3 cm³/mol. The van der Waals surface area contributed by atoms with Crippen molar-refractivity contribution in [1.82, 2.24) is 9.97 Å². The number of nitrogens with two attached hydrogens (primary N) is 1. The number of rotatable bonds is 2. The monoisotopic (exact) mass is 330 g/mol. The summed E-state index contributed by atoms with van der Waals surface area (Å²) in [6.07, 6.45) is 3.32. The number of imidazole rings is 1. The van der Waals surface area contributed by atoms with E-state index in [1.807, 2.05) is 6.92 Å². The van der Waals surface area contributed by atoms with Gasteiger partial charge < -0.3 is 10.7 Å². The Morgan fingerprint density at radius 3 is 2.85 bits per heavy atom. The topological polar surface area (TPSA) is 67.1 Å². The number of amidine groups is 1. The van der Waals surface area contributed by atoms with Crippen LogP contribution in [0, 0.1) is 0 Å². The molecule has 0 atom stereocenters. The maximum absolute atomic E-state index is 5.54. The van der Waals surface area contributed by atoms with Crippen molar-refractivity contribution < 1.29 is 0 Å². The van der Waals surface area contributed by atoms with Gasteiger partial charge in [0.1, 0.15) is 0 Å². The van der Waals surface area contributed by atoms with Crippen molar-refractivity contribution in [1.29, 1.82) is 0 Å². The molecule has 4 nitrogen and oxygen atoms in total. The average Bonchev–Trinajstić information content (AvgIpc) is 2.40. The lowest BCUT2D eigenvalue weighted by Crippen LogP contribution is -2.06. The van der Waals surface area contributed by atoms with Crippen molar-refractivity contribution in [2.75, 3.05) is 6.54 Å². The van der Waals surface area contributed by atoms with Gasteiger partial charge in [0.2, 0.25) is 0 Å². The van der Waals surface area contributed by atoms with Gasteiger partial charge in [0.15, 0.2) is 5.17 Å². The zero-order valence-corrected chi connectivity index (χ0v) is 11.3. The van der Waals surface area contributed by atoms with Crippen LogP contribution in [-0.2, 0) is 0 Å². The van der Waals surface area contributed by atoms with Crippen molar-refractivity contribution >= 4 is 50.9 Å². The number of hydrogen-bond acceptors (Lipinski definition) is 3. The number of hydrogen-bond donors (Lipinski definition) is 2. The minimum Gasteiger partial charge on any atom is -0.378 e. The normalized spacial score (nSPS) is 10.1. The Hall–Kier alpha value is -0.0100. The smallest absolute Gasteiger partial charge is 0.160 e. The van der Waals surface area contributed by atoms with Crippen LogP contribution in [0.5, 0.6) is 0 Å². The van der Waals surface area contributed by atoms with E-state index in [4.69, 9.17) is 5.73 Å². The lowest BCUT2D eigenvalue weighted by Gasteiger charge is -1.94. The van der Waals surface area contributed by atoms with Gasteiger partial charge in [0, 0.05) is 6.54 Å². The molecule has 0 aromatic carbocycles. The molecule has 0 aliphatic carbocycles. The first kappa shape index (κ1) is 15.5. The predicted octanol–water partition coefficient (Wildman–Crippen LogP) is 1.99. The summed E-state index contributed by atoms with van der Waals surface area (Å²) in [7, 11) is 0. The van der Waals surface area contributed by atoms with Gasteiger partial charge in [0.05, 0.1) is 17.6 Å². The number of nitrogens with one attached hydrogen (secondary N) is 1. The summed E-state index contributed by atoms with van der Waals surface area (Å²) < 4.78 is 0. The van der Waals surface area contributed by atoms with E-state index >= 15 is 0 Å². The quantitative estimate of drug-likeness (QED) is 0.495. The Balaban J connectivity index is 0. The van der Waals surface area contributed by atoms with E-state index in [0.717, 1.165) is 5.03 Å². The van der Waals surface area contributed by atoms with Gasteiger partial charge in [-0.15, -0.1) is 34.0 Å². The molecule has 0 radical (unpaired) electrons. The highest BCUT2D eigenvalue weighted by Gasteiger charge is 1.96. The van der Waals surface area contributed by atoms with E-state index in [2.05, 4.69) is 15.0 Å². The average molecular weight is 332 g/mol. The van der Waals surface area contributed by atoms with Crippen LogP contribution in [0.4, 0.5) is 0 Å². The van der Waals surface area contributed by atoms with Gasteiger partial charge in [-0.3, -0.25) is 4.99 Å². The molecule has 0 saturated carbocycles. The number of thioether (sulfide) groups is 1. The van der Waals surface area contributed by atoms with Crippen LogP contribution in [0.1, 0.15) is 6.92 Å². The summed E-state index contributed by atoms with van der Waals surface area (Å²) in [4.78, 5) is 10.8. The van der Waals surface area contributed by atoms with Crippen molar-refractivity contribution in [3.8, 4) is 0 Å². The highest BCUT2D eigenvalue weighted by atomic mass is 79.9. The van der Waals surface area contributed by atoms with E-state index in [0.29, 0.717) is 11.7 Å². The third-order valence-corrected chi connectivity index (χ3v) is 1.78. The molecule has 7 heteroatoms. The highest BCUT2D eigenvalue weighted by Crippen LogP contribution is 2.12. The fourth-order valence-electron chi connectivity index (χ4n) is 0.600. The Labute approximate surface area is 102 Å².